The average molecular weight is 166 g/mol. The molecular formula is C13H10. The van der Waals surface area contributed by atoms with Gasteiger partial charge in [-0.3, -0.25) is 0 Å². The summed E-state index contributed by atoms with van der Waals surface area (Å²) in [5.41, 5.74) is 5.62. The Morgan fingerprint density at radius 3 is 1.92 bits per heavy atom. The second kappa shape index (κ2) is 2.46. The van der Waals surface area contributed by atoms with Crippen molar-refractivity contribution in [3.8, 4) is 11.1 Å². The van der Waals surface area contributed by atoms with Crippen molar-refractivity contribution >= 4 is 0 Å². The first-order chi connectivity index (χ1) is 6.42. The molecular weight excluding hydrogens is 156 g/mol. The van der Waals surface area contributed by atoms with E-state index in [0.717, 1.165) is 0 Å². The number of hydrogen-bond donors (Lipinski definition) is 0. The quantitative estimate of drug-likeness (QED) is 0.520. The molecule has 0 aliphatic heterocycles. The van der Waals surface area contributed by atoms with E-state index in [1.165, 1.54) is 28.7 Å². The maximum absolute atomic E-state index is 2.28. The van der Waals surface area contributed by atoms with Gasteiger partial charge in [0.2, 0.25) is 0 Å². The molecule has 0 aromatic heterocycles. The van der Waals surface area contributed by atoms with E-state index < -0.39 is 0 Å². The van der Waals surface area contributed by atoms with Crippen molar-refractivity contribution in [2.24, 2.45) is 0 Å². The van der Waals surface area contributed by atoms with E-state index in [4.69, 9.17) is 0 Å². The van der Waals surface area contributed by atoms with Crippen LogP contribution in [0.25, 0.3) is 11.1 Å². The highest BCUT2D eigenvalue weighted by Gasteiger charge is 2.10. The summed E-state index contributed by atoms with van der Waals surface area (Å²) in [6.07, 6.45) is 1.18. The number of hydrogen-bond acceptors (Lipinski definition) is 0. The van der Waals surface area contributed by atoms with E-state index in [-0.39, 0.29) is 0 Å². The van der Waals surface area contributed by atoms with Crippen LogP contribution in [0.2, 0.25) is 0 Å². The number of benzene rings is 2. The zero-order chi connectivity index (χ0) is 8.67. The minimum Gasteiger partial charge on any atom is -0.0622 e. The van der Waals surface area contributed by atoms with Crippen LogP contribution in [-0.4, -0.2) is 0 Å². The van der Waals surface area contributed by atoms with Gasteiger partial charge in [-0.25, -0.2) is 0 Å². The lowest BCUT2D eigenvalue weighted by Gasteiger charge is -2.17. The molecule has 0 N–H and O–H groups in total. The molecule has 0 radical (unpaired) electrons. The molecule has 0 nitrogen and oxygen atoms in total. The van der Waals surface area contributed by atoms with Crippen LogP contribution in [0.4, 0.5) is 0 Å². The van der Waals surface area contributed by atoms with Gasteiger partial charge in [0.05, 0.1) is 0 Å². The summed E-state index contributed by atoms with van der Waals surface area (Å²) >= 11 is 0. The molecule has 2 bridgehead atoms. The van der Waals surface area contributed by atoms with E-state index in [2.05, 4.69) is 48.5 Å². The smallest absolute Gasteiger partial charge is 0.00251 e. The molecule has 0 amide bonds. The third-order valence-electron chi connectivity index (χ3n) is 2.57. The van der Waals surface area contributed by atoms with E-state index in [9.17, 15) is 0 Å². The Kier molecular flexibility index (Phi) is 1.31. The lowest BCUT2D eigenvalue weighted by Crippen LogP contribution is -2.00. The molecule has 0 heteroatoms. The van der Waals surface area contributed by atoms with Crippen LogP contribution in [0.1, 0.15) is 11.1 Å². The van der Waals surface area contributed by atoms with Crippen LogP contribution in [0.15, 0.2) is 48.5 Å². The van der Waals surface area contributed by atoms with Crippen LogP contribution >= 0.6 is 0 Å². The molecule has 0 fully saturated rings. The second-order valence-corrected chi connectivity index (χ2v) is 3.58. The lowest BCUT2D eigenvalue weighted by atomic mass is 9.88. The van der Waals surface area contributed by atoms with Crippen LogP contribution in [-0.2, 0) is 6.42 Å². The van der Waals surface area contributed by atoms with Gasteiger partial charge in [-0.05, 0) is 28.7 Å². The standard InChI is InChI=1S/C13H10/c1-2-4-12(5-3-1)13-8-10-6-11(7-10)9-13/h1-6,8-9H,7H2. The maximum Gasteiger partial charge on any atom is -0.00251 e. The van der Waals surface area contributed by atoms with Crippen LogP contribution in [0.5, 0.6) is 0 Å². The van der Waals surface area contributed by atoms with Gasteiger partial charge in [0.1, 0.15) is 0 Å². The van der Waals surface area contributed by atoms with Crippen LogP contribution in [0, 0.1) is 0 Å². The van der Waals surface area contributed by atoms with Gasteiger partial charge in [0.25, 0.3) is 0 Å². The van der Waals surface area contributed by atoms with E-state index in [1.807, 2.05) is 0 Å². The summed E-state index contributed by atoms with van der Waals surface area (Å²) in [5, 5.41) is 0. The molecule has 0 atom stereocenters. The van der Waals surface area contributed by atoms with Gasteiger partial charge in [-0.2, -0.15) is 0 Å². The van der Waals surface area contributed by atoms with Crippen molar-refractivity contribution in [2.75, 3.05) is 0 Å². The summed E-state index contributed by atoms with van der Waals surface area (Å²) in [7, 11) is 0. The van der Waals surface area contributed by atoms with E-state index in [0.29, 0.717) is 0 Å². The first-order valence-electron chi connectivity index (χ1n) is 4.60. The first-order valence-corrected chi connectivity index (χ1v) is 4.60. The van der Waals surface area contributed by atoms with Crippen LogP contribution < -0.4 is 0 Å². The molecule has 0 spiro atoms. The molecule has 2 aromatic carbocycles. The maximum atomic E-state index is 2.28. The summed E-state index contributed by atoms with van der Waals surface area (Å²) in [6.45, 7) is 0. The second-order valence-electron chi connectivity index (χ2n) is 3.58. The zero-order valence-electron chi connectivity index (χ0n) is 7.33. The Balaban J connectivity index is 2.13. The monoisotopic (exact) mass is 166 g/mol. The third-order valence-corrected chi connectivity index (χ3v) is 2.57. The Bertz CT molecular complexity index is 421. The summed E-state index contributed by atoms with van der Waals surface area (Å²) in [6, 6.07) is 17.4. The van der Waals surface area contributed by atoms with Crippen molar-refractivity contribution in [1.29, 1.82) is 0 Å². The fourth-order valence-corrected chi connectivity index (χ4v) is 1.87. The summed E-state index contributed by atoms with van der Waals surface area (Å²) in [5.74, 6) is 0. The van der Waals surface area contributed by atoms with Gasteiger partial charge in [0, 0.05) is 0 Å². The molecule has 4 rings (SSSR count). The highest BCUT2D eigenvalue weighted by atomic mass is 14.1. The molecule has 62 valence electrons. The van der Waals surface area contributed by atoms with Crippen molar-refractivity contribution in [1.82, 2.24) is 0 Å². The van der Waals surface area contributed by atoms with Gasteiger partial charge in [-0.15, -0.1) is 0 Å². The normalized spacial score (nSPS) is 12.3. The lowest BCUT2D eigenvalue weighted by molar-refractivity contribution is 1.09. The average Bonchev–Trinajstić information content (AvgIpc) is 2.18. The van der Waals surface area contributed by atoms with Crippen molar-refractivity contribution in [2.45, 2.75) is 6.42 Å². The SMILES string of the molecule is c1ccc(-c2cc3cc(c2)C3)cc1. The van der Waals surface area contributed by atoms with Gasteiger partial charge >= 0.3 is 0 Å². The number of fused-ring (bicyclic) bond motifs is 2. The Hall–Kier alpha value is -1.56. The Morgan fingerprint density at radius 2 is 1.31 bits per heavy atom. The minimum absolute atomic E-state index is 1.18. The van der Waals surface area contributed by atoms with E-state index in [1.54, 1.807) is 0 Å². The Labute approximate surface area is 77.8 Å². The predicted octanol–water partition coefficient (Wildman–Crippen LogP) is 3.26. The molecule has 0 saturated carbocycles. The highest BCUT2D eigenvalue weighted by Crippen LogP contribution is 2.29. The molecule has 2 aromatic rings. The van der Waals surface area contributed by atoms with Gasteiger partial charge in [-0.1, -0.05) is 48.5 Å². The minimum atomic E-state index is 1.18. The van der Waals surface area contributed by atoms with Crippen molar-refractivity contribution in [3.05, 3.63) is 59.7 Å². The summed E-state index contributed by atoms with van der Waals surface area (Å²) < 4.78 is 0. The molecule has 0 heterocycles. The largest absolute Gasteiger partial charge is 0.0622 e. The molecule has 13 heavy (non-hydrogen) atoms. The van der Waals surface area contributed by atoms with E-state index >= 15 is 0 Å². The highest BCUT2D eigenvalue weighted by molar-refractivity contribution is 5.67. The molecule has 2 aliphatic carbocycles. The first kappa shape index (κ1) is 6.90. The third kappa shape index (κ3) is 1.06. The number of rotatable bonds is 1. The van der Waals surface area contributed by atoms with Crippen molar-refractivity contribution < 1.29 is 0 Å². The topological polar surface area (TPSA) is 0 Å². The molecule has 0 unspecified atom stereocenters. The summed E-state index contributed by atoms with van der Waals surface area (Å²) in [4.78, 5) is 0. The Morgan fingerprint density at radius 1 is 0.692 bits per heavy atom. The van der Waals surface area contributed by atoms with Crippen LogP contribution in [0.3, 0.4) is 0 Å². The fourth-order valence-electron chi connectivity index (χ4n) is 1.87. The van der Waals surface area contributed by atoms with Crippen molar-refractivity contribution in [3.63, 3.8) is 0 Å². The predicted molar refractivity (Wildman–Crippen MR) is 54.7 cm³/mol. The zero-order valence-corrected chi connectivity index (χ0v) is 7.33. The fraction of sp³-hybridized carbons (Fsp3) is 0.0769. The van der Waals surface area contributed by atoms with Gasteiger partial charge in [0.15, 0.2) is 0 Å². The molecule has 0 saturated heterocycles. The molecule has 2 aliphatic rings. The van der Waals surface area contributed by atoms with Gasteiger partial charge < -0.3 is 0 Å².